The number of aliphatic hydroxyl groups excluding tert-OH is 2. The summed E-state index contributed by atoms with van der Waals surface area (Å²) in [7, 11) is 0. The molecule has 1 amide bonds. The minimum Gasteiger partial charge on any atom is -0.394 e. The van der Waals surface area contributed by atoms with E-state index in [4.69, 9.17) is 16.6 Å². The monoisotopic (exact) mass is 508 g/mol. The van der Waals surface area contributed by atoms with Crippen LogP contribution < -0.4 is 10.9 Å². The zero-order chi connectivity index (χ0) is 25.7. The van der Waals surface area contributed by atoms with Crippen molar-refractivity contribution in [1.82, 2.24) is 19.3 Å². The second kappa shape index (κ2) is 11.5. The van der Waals surface area contributed by atoms with Crippen LogP contribution in [0.3, 0.4) is 0 Å². The van der Waals surface area contributed by atoms with Crippen molar-refractivity contribution < 1.29 is 15.0 Å². The van der Waals surface area contributed by atoms with E-state index in [9.17, 15) is 19.8 Å². The molecule has 0 aliphatic rings. The number of halogens is 1. The van der Waals surface area contributed by atoms with Gasteiger partial charge in [0, 0.05) is 35.0 Å². The van der Waals surface area contributed by atoms with E-state index in [0.717, 1.165) is 30.4 Å². The van der Waals surface area contributed by atoms with Crippen LogP contribution in [-0.4, -0.2) is 49.3 Å². The summed E-state index contributed by atoms with van der Waals surface area (Å²) in [6.07, 6.45) is 4.77. The molecule has 2 aromatic carbocycles. The molecular formula is C27H29ClN4O4. The standard InChI is InChI=1S/C27H29ClN4O4/c1-2-3-4-13-31-24(19-5-7-20(8-6-19)26(36)29-22(16-33)17-34)14-25(35)32-15-23(30-27(31)32)18-9-11-21(28)12-10-18/h5-12,14-15,22,33-34H,2-4,13,16-17H2,1H3,(H,29,36). The van der Waals surface area contributed by atoms with Crippen LogP contribution >= 0.6 is 11.6 Å². The Morgan fingerprint density at radius 2 is 1.69 bits per heavy atom. The van der Waals surface area contributed by atoms with E-state index in [-0.39, 0.29) is 18.8 Å². The number of amides is 1. The van der Waals surface area contributed by atoms with E-state index in [1.165, 1.54) is 0 Å². The first-order valence-corrected chi connectivity index (χ1v) is 12.3. The number of rotatable bonds is 10. The largest absolute Gasteiger partial charge is 0.394 e. The molecule has 8 nitrogen and oxygen atoms in total. The molecule has 0 bridgehead atoms. The summed E-state index contributed by atoms with van der Waals surface area (Å²) in [5.41, 5.74) is 3.22. The lowest BCUT2D eigenvalue weighted by Gasteiger charge is -2.16. The van der Waals surface area contributed by atoms with Gasteiger partial charge in [-0.05, 0) is 36.2 Å². The van der Waals surface area contributed by atoms with Crippen LogP contribution in [0.2, 0.25) is 5.02 Å². The zero-order valence-electron chi connectivity index (χ0n) is 20.0. The van der Waals surface area contributed by atoms with E-state index >= 15 is 0 Å². The summed E-state index contributed by atoms with van der Waals surface area (Å²) in [5, 5.41) is 21.6. The normalized spacial score (nSPS) is 11.4. The van der Waals surface area contributed by atoms with Crippen LogP contribution in [-0.2, 0) is 6.54 Å². The number of hydrogen-bond acceptors (Lipinski definition) is 5. The van der Waals surface area contributed by atoms with Crippen molar-refractivity contribution in [2.75, 3.05) is 13.2 Å². The van der Waals surface area contributed by atoms with Crippen molar-refractivity contribution in [2.45, 2.75) is 38.8 Å². The second-order valence-electron chi connectivity index (χ2n) is 8.64. The first-order chi connectivity index (χ1) is 17.4. The average Bonchev–Trinajstić information content (AvgIpc) is 3.35. The molecule has 0 aliphatic carbocycles. The van der Waals surface area contributed by atoms with Crippen molar-refractivity contribution in [1.29, 1.82) is 0 Å². The van der Waals surface area contributed by atoms with Crippen LogP contribution in [0.25, 0.3) is 28.3 Å². The Kier molecular flexibility index (Phi) is 8.20. The molecule has 0 atom stereocenters. The van der Waals surface area contributed by atoms with E-state index < -0.39 is 11.9 Å². The summed E-state index contributed by atoms with van der Waals surface area (Å²) < 4.78 is 3.60. The highest BCUT2D eigenvalue weighted by Crippen LogP contribution is 2.25. The molecule has 2 heterocycles. The highest BCUT2D eigenvalue weighted by atomic mass is 35.5. The van der Waals surface area contributed by atoms with Crippen molar-refractivity contribution in [3.63, 3.8) is 0 Å². The van der Waals surface area contributed by atoms with Gasteiger partial charge in [-0.25, -0.2) is 4.98 Å². The first-order valence-electron chi connectivity index (χ1n) is 12.0. The Labute approximate surface area is 213 Å². The van der Waals surface area contributed by atoms with Crippen molar-refractivity contribution in [3.8, 4) is 22.5 Å². The van der Waals surface area contributed by atoms with Gasteiger partial charge in [-0.2, -0.15) is 0 Å². The molecule has 36 heavy (non-hydrogen) atoms. The topological polar surface area (TPSA) is 109 Å². The van der Waals surface area contributed by atoms with Gasteiger partial charge in [0.05, 0.1) is 30.6 Å². The van der Waals surface area contributed by atoms with E-state index in [0.29, 0.717) is 34.3 Å². The fraction of sp³-hybridized carbons (Fsp3) is 0.296. The fourth-order valence-electron chi connectivity index (χ4n) is 4.04. The summed E-state index contributed by atoms with van der Waals surface area (Å²) in [5.74, 6) is 0.153. The summed E-state index contributed by atoms with van der Waals surface area (Å²) in [6.45, 7) is 2.11. The number of imidazole rings is 1. The van der Waals surface area contributed by atoms with Gasteiger partial charge in [0.25, 0.3) is 11.5 Å². The van der Waals surface area contributed by atoms with E-state index in [1.54, 1.807) is 53.1 Å². The highest BCUT2D eigenvalue weighted by molar-refractivity contribution is 6.30. The summed E-state index contributed by atoms with van der Waals surface area (Å²) in [6, 6.07) is 15.1. The van der Waals surface area contributed by atoms with E-state index in [1.807, 2.05) is 16.7 Å². The molecule has 0 aliphatic heterocycles. The van der Waals surface area contributed by atoms with Gasteiger partial charge < -0.3 is 20.1 Å². The Morgan fingerprint density at radius 3 is 2.33 bits per heavy atom. The quantitative estimate of drug-likeness (QED) is 0.283. The van der Waals surface area contributed by atoms with E-state index in [2.05, 4.69) is 12.2 Å². The molecule has 3 N–H and O–H groups in total. The predicted molar refractivity (Wildman–Crippen MR) is 140 cm³/mol. The summed E-state index contributed by atoms with van der Waals surface area (Å²) >= 11 is 6.03. The maximum absolute atomic E-state index is 13.1. The minimum atomic E-state index is -0.724. The molecular weight excluding hydrogens is 480 g/mol. The molecule has 2 aromatic heterocycles. The Bertz CT molecular complexity index is 1390. The lowest BCUT2D eigenvalue weighted by atomic mass is 10.1. The van der Waals surface area contributed by atoms with Crippen LogP contribution in [0.4, 0.5) is 0 Å². The van der Waals surface area contributed by atoms with Gasteiger partial charge in [0.1, 0.15) is 0 Å². The van der Waals surface area contributed by atoms with Crippen molar-refractivity contribution in [2.24, 2.45) is 0 Å². The van der Waals surface area contributed by atoms with Gasteiger partial charge in [0.2, 0.25) is 5.78 Å². The Morgan fingerprint density at radius 1 is 1.03 bits per heavy atom. The maximum atomic E-state index is 13.1. The Balaban J connectivity index is 1.75. The van der Waals surface area contributed by atoms with Crippen LogP contribution in [0.15, 0.2) is 65.6 Å². The van der Waals surface area contributed by atoms with Gasteiger partial charge in [0.15, 0.2) is 0 Å². The molecule has 0 spiro atoms. The third-order valence-corrected chi connectivity index (χ3v) is 6.31. The predicted octanol–water partition coefficient (Wildman–Crippen LogP) is 3.76. The molecule has 0 radical (unpaired) electrons. The van der Waals surface area contributed by atoms with Gasteiger partial charge >= 0.3 is 0 Å². The first kappa shape index (κ1) is 25.6. The third kappa shape index (κ3) is 5.51. The number of aromatic nitrogens is 3. The molecule has 4 rings (SSSR count). The lowest BCUT2D eigenvalue weighted by Crippen LogP contribution is -2.40. The number of fused-ring (bicyclic) bond motifs is 1. The third-order valence-electron chi connectivity index (χ3n) is 6.06. The SMILES string of the molecule is CCCCCn1c(-c2ccc(C(=O)NC(CO)CO)cc2)cc(=O)n2cc(-c3ccc(Cl)cc3)nc12. The number of aliphatic hydroxyl groups is 2. The molecule has 9 heteroatoms. The number of carbonyl (C=O) groups excluding carboxylic acids is 1. The van der Waals surface area contributed by atoms with Crippen molar-refractivity contribution >= 4 is 23.3 Å². The smallest absolute Gasteiger partial charge is 0.259 e. The number of carbonyl (C=O) groups is 1. The fourth-order valence-corrected chi connectivity index (χ4v) is 4.17. The molecule has 188 valence electrons. The van der Waals surface area contributed by atoms with Crippen molar-refractivity contribution in [3.05, 3.63) is 81.7 Å². The number of aryl methyl sites for hydroxylation is 1. The van der Waals surface area contributed by atoms with Crippen LogP contribution in [0.1, 0.15) is 36.5 Å². The molecule has 0 saturated heterocycles. The highest BCUT2D eigenvalue weighted by Gasteiger charge is 2.16. The van der Waals surface area contributed by atoms with Crippen LogP contribution in [0, 0.1) is 0 Å². The second-order valence-corrected chi connectivity index (χ2v) is 9.08. The summed E-state index contributed by atoms with van der Waals surface area (Å²) in [4.78, 5) is 30.3. The number of hydrogen-bond donors (Lipinski definition) is 3. The molecule has 4 aromatic rings. The number of benzene rings is 2. The molecule has 0 fully saturated rings. The average molecular weight is 509 g/mol. The van der Waals surface area contributed by atoms with Gasteiger partial charge in [-0.1, -0.05) is 55.6 Å². The lowest BCUT2D eigenvalue weighted by molar-refractivity contribution is 0.0879. The maximum Gasteiger partial charge on any atom is 0.259 e. The number of nitrogens with zero attached hydrogens (tertiary/aromatic N) is 3. The number of nitrogens with one attached hydrogen (secondary N) is 1. The van der Waals surface area contributed by atoms with Gasteiger partial charge in [-0.15, -0.1) is 0 Å². The minimum absolute atomic E-state index is 0.199. The Hall–Kier alpha value is -3.46. The van der Waals surface area contributed by atoms with Crippen LogP contribution in [0.5, 0.6) is 0 Å². The number of unbranched alkanes of at least 4 members (excludes halogenated alkanes) is 2. The zero-order valence-corrected chi connectivity index (χ0v) is 20.8. The molecule has 0 saturated carbocycles. The van der Waals surface area contributed by atoms with Gasteiger partial charge in [-0.3, -0.25) is 14.0 Å². The molecule has 0 unspecified atom stereocenters.